The molecule has 2 aromatic rings. The Morgan fingerprint density at radius 2 is 1.87 bits per heavy atom. The minimum atomic E-state index is -5.15. The van der Waals surface area contributed by atoms with Crippen molar-refractivity contribution in [3.63, 3.8) is 0 Å². The molecule has 8 nitrogen and oxygen atoms in total. The molecule has 1 aromatic heterocycles. The van der Waals surface area contributed by atoms with Gasteiger partial charge in [-0.25, -0.2) is 0 Å². The molecular formula is C27H27ClF3N5O3. The van der Waals surface area contributed by atoms with Crippen LogP contribution < -0.4 is 10.6 Å². The van der Waals surface area contributed by atoms with Crippen LogP contribution in [-0.2, 0) is 14.4 Å². The Hall–Kier alpha value is -3.39. The monoisotopic (exact) mass is 561 g/mol. The number of pyridine rings is 1. The van der Waals surface area contributed by atoms with Crippen LogP contribution in [0.15, 0.2) is 30.6 Å². The van der Waals surface area contributed by atoms with E-state index in [1.54, 1.807) is 31.3 Å². The van der Waals surface area contributed by atoms with Gasteiger partial charge < -0.3 is 15.5 Å². The minimum Gasteiger partial charge on any atom is -0.336 e. The number of hydrogen-bond acceptors (Lipinski definition) is 5. The van der Waals surface area contributed by atoms with E-state index >= 15 is 0 Å². The molecule has 1 aliphatic heterocycles. The van der Waals surface area contributed by atoms with E-state index in [2.05, 4.69) is 16.4 Å². The zero-order valence-corrected chi connectivity index (χ0v) is 22.2. The maximum atomic E-state index is 13.7. The lowest BCUT2D eigenvalue weighted by atomic mass is 9.94. The number of alkyl halides is 3. The minimum absolute atomic E-state index is 0.0441. The largest absolute Gasteiger partial charge is 0.471 e. The Kier molecular flexibility index (Phi) is 6.33. The Bertz CT molecular complexity index is 1410. The average Bonchev–Trinajstić information content (AvgIpc) is 3.65. The molecule has 5 rings (SSSR count). The summed E-state index contributed by atoms with van der Waals surface area (Å²) in [6, 6.07) is 3.66. The average molecular weight is 562 g/mol. The molecule has 3 amide bonds. The van der Waals surface area contributed by atoms with Crippen LogP contribution in [0.25, 0.3) is 10.8 Å². The van der Waals surface area contributed by atoms with Gasteiger partial charge in [-0.15, -0.1) is 0 Å². The normalized spacial score (nSPS) is 25.7. The zero-order chi connectivity index (χ0) is 28.5. The molecule has 2 unspecified atom stereocenters. The molecule has 2 N–H and O–H groups in total. The molecule has 2 saturated carbocycles. The fourth-order valence-corrected chi connectivity index (χ4v) is 6.34. The van der Waals surface area contributed by atoms with Gasteiger partial charge in [0.1, 0.15) is 18.1 Å². The van der Waals surface area contributed by atoms with Crippen LogP contribution in [0.5, 0.6) is 0 Å². The van der Waals surface area contributed by atoms with E-state index in [4.69, 9.17) is 11.6 Å². The summed E-state index contributed by atoms with van der Waals surface area (Å²) < 4.78 is 39.2. The number of piperidine rings is 1. The van der Waals surface area contributed by atoms with E-state index in [1.165, 1.54) is 11.1 Å². The second-order valence-corrected chi connectivity index (χ2v) is 12.0. The Balaban J connectivity index is 1.44. The van der Waals surface area contributed by atoms with E-state index in [0.29, 0.717) is 34.2 Å². The highest BCUT2D eigenvalue weighted by Crippen LogP contribution is 2.65. The summed E-state index contributed by atoms with van der Waals surface area (Å²) in [6.45, 7) is 5.74. The lowest BCUT2D eigenvalue weighted by molar-refractivity contribution is -0.176. The molecule has 12 heteroatoms. The number of nitrogens with zero attached hydrogens (tertiary/aromatic N) is 3. The lowest BCUT2D eigenvalue weighted by Crippen LogP contribution is -2.59. The molecule has 0 bridgehead atoms. The Morgan fingerprint density at radius 1 is 1.18 bits per heavy atom. The number of aromatic nitrogens is 1. The first-order chi connectivity index (χ1) is 18.2. The van der Waals surface area contributed by atoms with Gasteiger partial charge in [0, 0.05) is 40.3 Å². The highest BCUT2D eigenvalue weighted by Gasteiger charge is 2.70. The molecule has 3 aliphatic rings. The summed E-state index contributed by atoms with van der Waals surface area (Å²) in [5, 5.41) is 16.2. The quantitative estimate of drug-likeness (QED) is 0.555. The number of carbonyl (C=O) groups is 3. The van der Waals surface area contributed by atoms with E-state index in [0.717, 1.165) is 0 Å². The summed E-state index contributed by atoms with van der Waals surface area (Å²) >= 11 is 6.40. The van der Waals surface area contributed by atoms with Gasteiger partial charge in [-0.1, -0.05) is 44.5 Å². The third-order valence-electron chi connectivity index (χ3n) is 8.76. The zero-order valence-electron chi connectivity index (χ0n) is 21.5. The molecule has 2 aliphatic carbocycles. The predicted molar refractivity (Wildman–Crippen MR) is 135 cm³/mol. The maximum Gasteiger partial charge on any atom is 0.471 e. The summed E-state index contributed by atoms with van der Waals surface area (Å²) in [7, 11) is 0. The van der Waals surface area contributed by atoms with Gasteiger partial charge >= 0.3 is 12.1 Å². The van der Waals surface area contributed by atoms with Crippen molar-refractivity contribution in [2.45, 2.75) is 57.9 Å². The highest BCUT2D eigenvalue weighted by molar-refractivity contribution is 6.35. The molecule has 2 heterocycles. The lowest BCUT2D eigenvalue weighted by Gasteiger charge is -2.35. The van der Waals surface area contributed by atoms with Crippen LogP contribution in [-0.4, -0.2) is 52.4 Å². The van der Waals surface area contributed by atoms with Crippen molar-refractivity contribution in [3.05, 3.63) is 41.2 Å². The van der Waals surface area contributed by atoms with E-state index in [-0.39, 0.29) is 23.8 Å². The molecule has 1 aromatic carbocycles. The van der Waals surface area contributed by atoms with E-state index in [1.807, 2.05) is 19.2 Å². The number of fused-ring (bicyclic) bond motifs is 2. The topological polar surface area (TPSA) is 115 Å². The van der Waals surface area contributed by atoms with Crippen LogP contribution in [0.1, 0.15) is 45.2 Å². The molecule has 5 atom stereocenters. The van der Waals surface area contributed by atoms with Crippen molar-refractivity contribution in [2.24, 2.45) is 22.7 Å². The Morgan fingerprint density at radius 3 is 2.49 bits per heavy atom. The van der Waals surface area contributed by atoms with Gasteiger partial charge in [0.2, 0.25) is 11.8 Å². The molecule has 206 valence electrons. The first-order valence-electron chi connectivity index (χ1n) is 12.6. The predicted octanol–water partition coefficient (Wildman–Crippen LogP) is 3.90. The second-order valence-electron chi connectivity index (χ2n) is 11.6. The molecule has 0 radical (unpaired) electrons. The van der Waals surface area contributed by atoms with Crippen LogP contribution >= 0.6 is 11.6 Å². The van der Waals surface area contributed by atoms with Gasteiger partial charge in [-0.2, -0.15) is 18.4 Å². The first-order valence-corrected chi connectivity index (χ1v) is 13.0. The third-order valence-corrected chi connectivity index (χ3v) is 9.08. The second kappa shape index (κ2) is 9.08. The summed E-state index contributed by atoms with van der Waals surface area (Å²) in [5.74, 6) is -3.80. The smallest absolute Gasteiger partial charge is 0.336 e. The number of carbonyl (C=O) groups excluding carboxylic acids is 3. The van der Waals surface area contributed by atoms with E-state index in [9.17, 15) is 32.8 Å². The highest BCUT2D eigenvalue weighted by atomic mass is 35.5. The number of hydrogen-bond donors (Lipinski definition) is 2. The number of benzene rings is 1. The molecular weight excluding hydrogens is 535 g/mol. The van der Waals surface area contributed by atoms with Crippen LogP contribution in [0, 0.1) is 34.0 Å². The summed E-state index contributed by atoms with van der Waals surface area (Å²) in [4.78, 5) is 44.7. The number of nitriles is 1. The first kappa shape index (κ1) is 27.2. The number of rotatable bonds is 6. The van der Waals surface area contributed by atoms with Gasteiger partial charge in [-0.05, 0) is 41.6 Å². The molecule has 39 heavy (non-hydrogen) atoms. The standard InChI is InChI=1S/C27H27ClF3N5O3/c1-25(2)15-12-36(23(38)21(26(3)7-8-26)35-24(39)27(29,30)31)20(19(15)25)22(37)34-17(9-32)14-11-33-10-13-5-4-6-16(28)18(13)14/h4-6,10-11,15,17,19-21H,7-8,12H2,1-3H3,(H,34,37)(H,35,39)/t15-,17?,19-,20-,21?/m0/s1. The van der Waals surface area contributed by atoms with Crippen LogP contribution in [0.4, 0.5) is 13.2 Å². The third kappa shape index (κ3) is 4.58. The van der Waals surface area contributed by atoms with Crippen molar-refractivity contribution >= 4 is 40.1 Å². The fourth-order valence-electron chi connectivity index (χ4n) is 6.05. The SMILES string of the molecule is CC1(C(NC(=O)C(F)(F)F)C(=O)N2C[C@H]3[C@@H]([C@H]2C(=O)NC(C#N)c2cncc4cccc(Cl)c24)C3(C)C)CC1. The van der Waals surface area contributed by atoms with Crippen molar-refractivity contribution in [3.8, 4) is 6.07 Å². The summed E-state index contributed by atoms with van der Waals surface area (Å²) in [5.41, 5.74) is -0.723. The van der Waals surface area contributed by atoms with Crippen molar-refractivity contribution in [2.75, 3.05) is 6.54 Å². The van der Waals surface area contributed by atoms with Gasteiger partial charge in [0.05, 0.1) is 6.07 Å². The maximum absolute atomic E-state index is 13.7. The Labute approximate surface area is 227 Å². The van der Waals surface area contributed by atoms with Crippen LogP contribution in [0.3, 0.4) is 0 Å². The molecule has 1 saturated heterocycles. The van der Waals surface area contributed by atoms with Crippen molar-refractivity contribution in [1.29, 1.82) is 5.26 Å². The molecule has 0 spiro atoms. The number of nitrogens with one attached hydrogen (secondary N) is 2. The van der Waals surface area contributed by atoms with Gasteiger partial charge in [0.25, 0.3) is 0 Å². The van der Waals surface area contributed by atoms with Gasteiger partial charge in [-0.3, -0.25) is 19.4 Å². The number of likely N-dealkylation sites (tertiary alicyclic amines) is 1. The molecule has 3 fully saturated rings. The van der Waals surface area contributed by atoms with Crippen molar-refractivity contribution < 1.29 is 27.6 Å². The fraction of sp³-hybridized carbons (Fsp3) is 0.519. The van der Waals surface area contributed by atoms with Crippen LogP contribution in [0.2, 0.25) is 5.02 Å². The van der Waals surface area contributed by atoms with E-state index < -0.39 is 47.4 Å². The van der Waals surface area contributed by atoms with Crippen molar-refractivity contribution in [1.82, 2.24) is 20.5 Å². The van der Waals surface area contributed by atoms with Gasteiger partial charge in [0.15, 0.2) is 0 Å². The summed E-state index contributed by atoms with van der Waals surface area (Å²) in [6.07, 6.45) is -1.18. The number of halogens is 4. The number of amides is 3.